The van der Waals surface area contributed by atoms with Crippen LogP contribution in [-0.2, 0) is 30.4 Å². The van der Waals surface area contributed by atoms with Crippen molar-refractivity contribution < 1.29 is 28.0 Å². The first kappa shape index (κ1) is 20.4. The van der Waals surface area contributed by atoms with Gasteiger partial charge in [-0.1, -0.05) is 24.3 Å². The van der Waals surface area contributed by atoms with Crippen LogP contribution in [0.1, 0.15) is 45.5 Å². The molecule has 1 aliphatic heterocycles. The van der Waals surface area contributed by atoms with Gasteiger partial charge in [-0.25, -0.2) is 5.48 Å². The van der Waals surface area contributed by atoms with Gasteiger partial charge in [-0.15, -0.1) is 0 Å². The Kier molecular flexibility index (Phi) is 5.05. The molecule has 2 amide bonds. The van der Waals surface area contributed by atoms with E-state index in [2.05, 4.69) is 0 Å². The van der Waals surface area contributed by atoms with E-state index in [1.807, 2.05) is 6.07 Å². The molecule has 1 aliphatic carbocycles. The molecule has 0 bridgehead atoms. The molecule has 158 valence electrons. The van der Waals surface area contributed by atoms with Crippen molar-refractivity contribution in [1.29, 1.82) is 0 Å². The summed E-state index contributed by atoms with van der Waals surface area (Å²) < 4.78 is 38.3. The Balaban J connectivity index is 1.53. The molecule has 4 rings (SSSR count). The highest BCUT2D eigenvalue weighted by Crippen LogP contribution is 2.45. The fourth-order valence-electron chi connectivity index (χ4n) is 4.61. The van der Waals surface area contributed by atoms with Gasteiger partial charge < -0.3 is 4.90 Å². The van der Waals surface area contributed by atoms with Crippen LogP contribution in [0.2, 0.25) is 0 Å². The number of rotatable bonds is 3. The van der Waals surface area contributed by atoms with Gasteiger partial charge in [0.1, 0.15) is 0 Å². The molecule has 1 atom stereocenters. The molecule has 8 heteroatoms. The zero-order valence-corrected chi connectivity index (χ0v) is 16.1. The van der Waals surface area contributed by atoms with E-state index >= 15 is 0 Å². The van der Waals surface area contributed by atoms with E-state index < -0.39 is 23.1 Å². The molecule has 1 fully saturated rings. The number of nitrogens with one attached hydrogen (secondary N) is 1. The molecule has 2 aliphatic rings. The molecular weight excluding hydrogens is 397 g/mol. The van der Waals surface area contributed by atoms with Crippen molar-refractivity contribution in [3.05, 3.63) is 70.3 Å². The van der Waals surface area contributed by atoms with Gasteiger partial charge in [-0.05, 0) is 60.6 Å². The number of aryl methyl sites for hydroxylation is 1. The Hall–Kier alpha value is -2.87. The normalized spacial score (nSPS) is 21.1. The fraction of sp³-hybridized carbons (Fsp3) is 0.364. The molecule has 0 saturated carbocycles. The highest BCUT2D eigenvalue weighted by molar-refractivity contribution is 5.96. The number of halogens is 3. The molecule has 1 spiro atoms. The number of hydroxylamine groups is 1. The second-order valence-corrected chi connectivity index (χ2v) is 8.01. The van der Waals surface area contributed by atoms with Crippen molar-refractivity contribution in [3.8, 4) is 0 Å². The lowest BCUT2D eigenvalue weighted by Gasteiger charge is -2.34. The average Bonchev–Trinajstić information content (AvgIpc) is 3.02. The van der Waals surface area contributed by atoms with Crippen LogP contribution in [0.25, 0.3) is 0 Å². The minimum atomic E-state index is -4.39. The standard InChI is InChI=1S/C22H21F3N2O3/c23-22(24,25)16-6-4-14(5-7-16)13-27-11-10-21(20(27)29)9-8-15-2-1-3-17(18(15)12-21)19(28)26-30/h1-7,30H,8-13H2,(H,26,28)/t21-/m0/s1. The van der Waals surface area contributed by atoms with E-state index in [4.69, 9.17) is 5.21 Å². The van der Waals surface area contributed by atoms with Crippen LogP contribution >= 0.6 is 0 Å². The van der Waals surface area contributed by atoms with E-state index in [1.54, 1.807) is 22.5 Å². The number of alkyl halides is 3. The first-order chi connectivity index (χ1) is 14.2. The highest BCUT2D eigenvalue weighted by Gasteiger charge is 2.48. The first-order valence-corrected chi connectivity index (χ1v) is 9.74. The van der Waals surface area contributed by atoms with Gasteiger partial charge in [0.25, 0.3) is 5.91 Å². The van der Waals surface area contributed by atoms with Crippen LogP contribution in [0, 0.1) is 5.41 Å². The van der Waals surface area contributed by atoms with E-state index in [1.165, 1.54) is 12.1 Å². The lowest BCUT2D eigenvalue weighted by atomic mass is 9.69. The Morgan fingerprint density at radius 3 is 2.53 bits per heavy atom. The summed E-state index contributed by atoms with van der Waals surface area (Å²) in [6.07, 6.45) is -2.04. The Labute approximate surface area is 171 Å². The van der Waals surface area contributed by atoms with Crippen LogP contribution in [0.4, 0.5) is 13.2 Å². The molecule has 2 aromatic rings. The number of benzene rings is 2. The second-order valence-electron chi connectivity index (χ2n) is 8.01. The number of nitrogens with zero attached hydrogens (tertiary/aromatic N) is 1. The summed E-state index contributed by atoms with van der Waals surface area (Å²) in [6, 6.07) is 10.2. The number of amides is 2. The molecule has 2 aromatic carbocycles. The quantitative estimate of drug-likeness (QED) is 0.590. The maximum absolute atomic E-state index is 13.3. The van der Waals surface area contributed by atoms with E-state index in [0.717, 1.165) is 23.3 Å². The van der Waals surface area contributed by atoms with E-state index in [9.17, 15) is 22.8 Å². The maximum atomic E-state index is 13.3. The van der Waals surface area contributed by atoms with Gasteiger partial charge in [0, 0.05) is 18.7 Å². The number of fused-ring (bicyclic) bond motifs is 1. The van der Waals surface area contributed by atoms with Crippen LogP contribution < -0.4 is 5.48 Å². The summed E-state index contributed by atoms with van der Waals surface area (Å²) in [5.74, 6) is -0.636. The number of carbonyl (C=O) groups excluding carboxylic acids is 2. The predicted octanol–water partition coefficient (Wildman–Crippen LogP) is 3.73. The second kappa shape index (κ2) is 7.43. The largest absolute Gasteiger partial charge is 0.416 e. The molecule has 30 heavy (non-hydrogen) atoms. The predicted molar refractivity (Wildman–Crippen MR) is 102 cm³/mol. The van der Waals surface area contributed by atoms with Gasteiger partial charge in [0.2, 0.25) is 5.91 Å². The SMILES string of the molecule is O=C(NO)c1cccc2c1C[C@]1(CC2)CCN(Cc2ccc(C(F)(F)F)cc2)C1=O. The van der Waals surface area contributed by atoms with Crippen molar-refractivity contribution in [2.75, 3.05) is 6.54 Å². The lowest BCUT2D eigenvalue weighted by Crippen LogP contribution is -2.39. The molecule has 1 heterocycles. The van der Waals surface area contributed by atoms with Gasteiger partial charge in [-0.3, -0.25) is 14.8 Å². The van der Waals surface area contributed by atoms with Crippen LogP contribution in [0.3, 0.4) is 0 Å². The zero-order chi connectivity index (χ0) is 21.5. The third-order valence-corrected chi connectivity index (χ3v) is 6.26. The topological polar surface area (TPSA) is 69.6 Å². The van der Waals surface area contributed by atoms with Crippen molar-refractivity contribution in [2.24, 2.45) is 5.41 Å². The minimum absolute atomic E-state index is 0.0349. The number of carbonyl (C=O) groups is 2. The lowest BCUT2D eigenvalue weighted by molar-refractivity contribution is -0.138. The van der Waals surface area contributed by atoms with Crippen LogP contribution in [0.5, 0.6) is 0 Å². The number of hydrogen-bond acceptors (Lipinski definition) is 3. The average molecular weight is 418 g/mol. The van der Waals surface area contributed by atoms with E-state index in [-0.39, 0.29) is 12.5 Å². The summed E-state index contributed by atoms with van der Waals surface area (Å²) in [4.78, 5) is 27.0. The van der Waals surface area contributed by atoms with Crippen molar-refractivity contribution >= 4 is 11.8 Å². The maximum Gasteiger partial charge on any atom is 0.416 e. The summed E-state index contributed by atoms with van der Waals surface area (Å²) >= 11 is 0. The van der Waals surface area contributed by atoms with Crippen LogP contribution in [0.15, 0.2) is 42.5 Å². The molecule has 0 aromatic heterocycles. The molecule has 0 radical (unpaired) electrons. The van der Waals surface area contributed by atoms with Crippen molar-refractivity contribution in [2.45, 2.75) is 38.4 Å². The minimum Gasteiger partial charge on any atom is -0.338 e. The van der Waals surface area contributed by atoms with Gasteiger partial charge in [0.15, 0.2) is 0 Å². The highest BCUT2D eigenvalue weighted by atomic mass is 19.4. The summed E-state index contributed by atoms with van der Waals surface area (Å²) in [7, 11) is 0. The third kappa shape index (κ3) is 3.56. The Morgan fingerprint density at radius 1 is 1.13 bits per heavy atom. The number of hydrogen-bond donors (Lipinski definition) is 2. The Bertz CT molecular complexity index is 988. The molecule has 1 saturated heterocycles. The van der Waals surface area contributed by atoms with Gasteiger partial charge in [-0.2, -0.15) is 13.2 Å². The molecule has 2 N–H and O–H groups in total. The molecule has 0 unspecified atom stereocenters. The van der Waals surface area contributed by atoms with E-state index in [0.29, 0.717) is 43.4 Å². The summed E-state index contributed by atoms with van der Waals surface area (Å²) in [5.41, 5.74) is 3.11. The van der Waals surface area contributed by atoms with Crippen molar-refractivity contribution in [3.63, 3.8) is 0 Å². The zero-order valence-electron chi connectivity index (χ0n) is 16.1. The monoisotopic (exact) mass is 418 g/mol. The van der Waals surface area contributed by atoms with Gasteiger partial charge in [0.05, 0.1) is 11.0 Å². The smallest absolute Gasteiger partial charge is 0.338 e. The Morgan fingerprint density at radius 2 is 1.87 bits per heavy atom. The molecular formula is C22H21F3N2O3. The first-order valence-electron chi connectivity index (χ1n) is 9.74. The van der Waals surface area contributed by atoms with Crippen LogP contribution in [-0.4, -0.2) is 28.5 Å². The third-order valence-electron chi connectivity index (χ3n) is 6.26. The van der Waals surface area contributed by atoms with Crippen molar-refractivity contribution in [1.82, 2.24) is 10.4 Å². The fourth-order valence-corrected chi connectivity index (χ4v) is 4.61. The number of likely N-dealkylation sites (tertiary alicyclic amines) is 1. The molecule has 5 nitrogen and oxygen atoms in total. The van der Waals surface area contributed by atoms with Gasteiger partial charge >= 0.3 is 6.18 Å². The summed E-state index contributed by atoms with van der Waals surface area (Å²) in [5, 5.41) is 9.03. The summed E-state index contributed by atoms with van der Waals surface area (Å²) in [6.45, 7) is 0.772.